The van der Waals surface area contributed by atoms with Crippen LogP contribution in [-0.2, 0) is 6.54 Å². The van der Waals surface area contributed by atoms with Crippen LogP contribution in [0.5, 0.6) is 0 Å². The summed E-state index contributed by atoms with van der Waals surface area (Å²) in [6, 6.07) is 6.83. The number of aromatic nitrogens is 1. The third-order valence-corrected chi connectivity index (χ3v) is 4.77. The van der Waals surface area contributed by atoms with Gasteiger partial charge in [-0.1, -0.05) is 18.1 Å². The van der Waals surface area contributed by atoms with Crippen LogP contribution in [0.2, 0.25) is 0 Å². The molecule has 1 unspecified atom stereocenters. The Labute approximate surface area is 130 Å². The Bertz CT molecular complexity index is 531. The maximum absolute atomic E-state index is 5.48. The molecule has 1 N–H and O–H groups in total. The lowest BCUT2D eigenvalue weighted by atomic mass is 10.2. The molecule has 3 rings (SSSR count). The maximum Gasteiger partial charge on any atom is 0.177 e. The van der Waals surface area contributed by atoms with Crippen molar-refractivity contribution in [1.82, 2.24) is 15.4 Å². The summed E-state index contributed by atoms with van der Waals surface area (Å²) in [6.45, 7) is 6.49. The monoisotopic (exact) mass is 305 g/mol. The lowest BCUT2D eigenvalue weighted by Gasteiger charge is -2.24. The SMILES string of the molecule is CCCN(Cc1cc(-c2cccs2)on1)CC1CCCN1. The van der Waals surface area contributed by atoms with Crippen molar-refractivity contribution in [3.63, 3.8) is 0 Å². The summed E-state index contributed by atoms with van der Waals surface area (Å²) >= 11 is 1.69. The van der Waals surface area contributed by atoms with Crippen molar-refractivity contribution in [2.45, 2.75) is 38.8 Å². The van der Waals surface area contributed by atoms with Gasteiger partial charge < -0.3 is 9.84 Å². The molecule has 0 radical (unpaired) electrons. The zero-order chi connectivity index (χ0) is 14.5. The summed E-state index contributed by atoms with van der Waals surface area (Å²) in [4.78, 5) is 3.63. The van der Waals surface area contributed by atoms with Crippen LogP contribution < -0.4 is 5.32 Å². The molecule has 0 saturated carbocycles. The fraction of sp³-hybridized carbons (Fsp3) is 0.562. The van der Waals surface area contributed by atoms with E-state index in [1.165, 1.54) is 19.3 Å². The molecule has 21 heavy (non-hydrogen) atoms. The average Bonchev–Trinajstić information content (AvgIpc) is 3.21. The average molecular weight is 305 g/mol. The van der Waals surface area contributed by atoms with E-state index >= 15 is 0 Å². The molecule has 1 saturated heterocycles. The zero-order valence-corrected chi connectivity index (χ0v) is 13.4. The lowest BCUT2D eigenvalue weighted by molar-refractivity contribution is 0.234. The first-order chi connectivity index (χ1) is 10.3. The van der Waals surface area contributed by atoms with E-state index in [2.05, 4.69) is 39.8 Å². The first-order valence-electron chi connectivity index (χ1n) is 7.80. The minimum Gasteiger partial charge on any atom is -0.355 e. The van der Waals surface area contributed by atoms with Gasteiger partial charge in [0.2, 0.25) is 0 Å². The largest absolute Gasteiger partial charge is 0.355 e. The molecule has 0 aromatic carbocycles. The molecule has 0 aliphatic carbocycles. The third-order valence-electron chi connectivity index (χ3n) is 3.89. The van der Waals surface area contributed by atoms with Gasteiger partial charge in [-0.25, -0.2) is 0 Å². The van der Waals surface area contributed by atoms with Crippen LogP contribution in [0.3, 0.4) is 0 Å². The normalized spacial score (nSPS) is 18.7. The molecule has 0 bridgehead atoms. The van der Waals surface area contributed by atoms with Crippen molar-refractivity contribution in [2.24, 2.45) is 0 Å². The number of hydrogen-bond donors (Lipinski definition) is 1. The minimum absolute atomic E-state index is 0.639. The van der Waals surface area contributed by atoms with Crippen molar-refractivity contribution < 1.29 is 4.52 Å². The van der Waals surface area contributed by atoms with Crippen LogP contribution in [0.25, 0.3) is 10.6 Å². The molecule has 1 aliphatic heterocycles. The summed E-state index contributed by atoms with van der Waals surface area (Å²) in [6.07, 6.45) is 3.76. The topological polar surface area (TPSA) is 41.3 Å². The second-order valence-corrected chi connectivity index (χ2v) is 6.64. The number of hydrogen-bond acceptors (Lipinski definition) is 5. The predicted molar refractivity (Wildman–Crippen MR) is 86.4 cm³/mol. The molecule has 1 aliphatic rings. The summed E-state index contributed by atoms with van der Waals surface area (Å²) in [5.41, 5.74) is 1.03. The molecular weight excluding hydrogens is 282 g/mol. The van der Waals surface area contributed by atoms with Crippen molar-refractivity contribution in [3.05, 3.63) is 29.3 Å². The molecule has 0 spiro atoms. The van der Waals surface area contributed by atoms with Crippen molar-refractivity contribution in [1.29, 1.82) is 0 Å². The van der Waals surface area contributed by atoms with Gasteiger partial charge in [0.1, 0.15) is 0 Å². The number of thiophene rings is 1. The third kappa shape index (κ3) is 3.93. The molecule has 114 valence electrons. The fourth-order valence-corrected chi connectivity index (χ4v) is 3.60. The molecule has 2 aromatic rings. The van der Waals surface area contributed by atoms with Crippen molar-refractivity contribution in [3.8, 4) is 10.6 Å². The van der Waals surface area contributed by atoms with Gasteiger partial charge >= 0.3 is 0 Å². The molecule has 2 aromatic heterocycles. The van der Waals surface area contributed by atoms with Gasteiger partial charge in [0, 0.05) is 25.2 Å². The molecule has 3 heterocycles. The Kier molecular flexibility index (Phi) is 5.06. The summed E-state index contributed by atoms with van der Waals surface area (Å²) < 4.78 is 5.48. The van der Waals surface area contributed by atoms with E-state index in [1.54, 1.807) is 11.3 Å². The fourth-order valence-electron chi connectivity index (χ4n) is 2.93. The number of rotatable bonds is 7. The molecule has 5 heteroatoms. The predicted octanol–water partition coefficient (Wildman–Crippen LogP) is 3.37. The highest BCUT2D eigenvalue weighted by molar-refractivity contribution is 7.13. The van der Waals surface area contributed by atoms with Crippen LogP contribution in [0.4, 0.5) is 0 Å². The maximum atomic E-state index is 5.48. The first kappa shape index (κ1) is 14.8. The smallest absolute Gasteiger partial charge is 0.177 e. The molecular formula is C16H23N3OS. The van der Waals surface area contributed by atoms with Crippen LogP contribution >= 0.6 is 11.3 Å². The van der Waals surface area contributed by atoms with Crippen LogP contribution in [0, 0.1) is 0 Å². The molecule has 1 fully saturated rings. The second kappa shape index (κ2) is 7.20. The van der Waals surface area contributed by atoms with Crippen molar-refractivity contribution in [2.75, 3.05) is 19.6 Å². The Morgan fingerprint density at radius 1 is 1.52 bits per heavy atom. The lowest BCUT2D eigenvalue weighted by Crippen LogP contribution is -2.37. The van der Waals surface area contributed by atoms with E-state index in [0.717, 1.165) is 42.5 Å². The van der Waals surface area contributed by atoms with Gasteiger partial charge in [-0.3, -0.25) is 4.90 Å². The number of nitrogens with one attached hydrogen (secondary N) is 1. The first-order valence-corrected chi connectivity index (χ1v) is 8.68. The standard InChI is InChI=1S/C16H23N3OS/c1-2-8-19(11-13-5-3-7-17-13)12-14-10-15(20-18-14)16-6-4-9-21-16/h4,6,9-10,13,17H,2-3,5,7-8,11-12H2,1H3. The molecule has 0 amide bonds. The quantitative estimate of drug-likeness (QED) is 0.851. The van der Waals surface area contributed by atoms with Gasteiger partial charge in [-0.2, -0.15) is 0 Å². The number of nitrogens with zero attached hydrogens (tertiary/aromatic N) is 2. The van der Waals surface area contributed by atoms with E-state index in [4.69, 9.17) is 4.52 Å². The Morgan fingerprint density at radius 3 is 3.19 bits per heavy atom. The van der Waals surface area contributed by atoms with E-state index in [9.17, 15) is 0 Å². The Morgan fingerprint density at radius 2 is 2.48 bits per heavy atom. The van der Waals surface area contributed by atoms with Crippen LogP contribution in [0.1, 0.15) is 31.9 Å². The van der Waals surface area contributed by atoms with Crippen molar-refractivity contribution >= 4 is 11.3 Å². The second-order valence-electron chi connectivity index (χ2n) is 5.69. The molecule has 4 nitrogen and oxygen atoms in total. The van der Waals surface area contributed by atoms with Crippen LogP contribution in [0.15, 0.2) is 28.1 Å². The highest BCUT2D eigenvalue weighted by atomic mass is 32.1. The minimum atomic E-state index is 0.639. The van der Waals surface area contributed by atoms with E-state index in [0.29, 0.717) is 6.04 Å². The molecule has 1 atom stereocenters. The van der Waals surface area contributed by atoms with Gasteiger partial charge in [0.15, 0.2) is 5.76 Å². The highest BCUT2D eigenvalue weighted by Crippen LogP contribution is 2.25. The highest BCUT2D eigenvalue weighted by Gasteiger charge is 2.19. The van der Waals surface area contributed by atoms with E-state index in [-0.39, 0.29) is 0 Å². The van der Waals surface area contributed by atoms with Crippen LogP contribution in [-0.4, -0.2) is 35.7 Å². The summed E-state index contributed by atoms with van der Waals surface area (Å²) in [5.74, 6) is 0.885. The van der Waals surface area contributed by atoms with Gasteiger partial charge in [-0.15, -0.1) is 11.3 Å². The van der Waals surface area contributed by atoms with Gasteiger partial charge in [0.05, 0.1) is 10.6 Å². The zero-order valence-electron chi connectivity index (χ0n) is 12.5. The Hall–Kier alpha value is -1.17. The summed E-state index contributed by atoms with van der Waals surface area (Å²) in [5, 5.41) is 9.88. The van der Waals surface area contributed by atoms with Gasteiger partial charge in [0.25, 0.3) is 0 Å². The summed E-state index contributed by atoms with van der Waals surface area (Å²) in [7, 11) is 0. The van der Waals surface area contributed by atoms with E-state index < -0.39 is 0 Å². The van der Waals surface area contributed by atoms with Gasteiger partial charge in [-0.05, 0) is 43.8 Å². The van der Waals surface area contributed by atoms with E-state index in [1.807, 2.05) is 6.07 Å². The Balaban J connectivity index is 1.62.